The average Bonchev–Trinajstić information content (AvgIpc) is 2.62. The van der Waals surface area contributed by atoms with Crippen molar-refractivity contribution in [2.75, 3.05) is 13.2 Å². The number of aromatic hydroxyl groups is 2. The molecule has 138 valence electrons. The van der Waals surface area contributed by atoms with Crippen molar-refractivity contribution in [1.82, 2.24) is 0 Å². The van der Waals surface area contributed by atoms with Gasteiger partial charge in [0, 0.05) is 0 Å². The van der Waals surface area contributed by atoms with Crippen molar-refractivity contribution >= 4 is 35.1 Å². The highest BCUT2D eigenvalue weighted by Gasteiger charge is 2.16. The highest BCUT2D eigenvalue weighted by atomic mass is 35.5. The molecule has 26 heavy (non-hydrogen) atoms. The maximum Gasteiger partial charge on any atom is 0.338 e. The van der Waals surface area contributed by atoms with Gasteiger partial charge in [0.2, 0.25) is 0 Å². The fraction of sp³-hybridized carbons (Fsp3) is 0.176. The van der Waals surface area contributed by atoms with E-state index in [4.69, 9.17) is 32.7 Å². The van der Waals surface area contributed by atoms with E-state index in [1.54, 1.807) is 0 Å². The Kier molecular flexibility index (Phi) is 6.68. The lowest BCUT2D eigenvalue weighted by Crippen LogP contribution is -2.25. The summed E-state index contributed by atoms with van der Waals surface area (Å²) in [5.41, 5.74) is 0.187. The number of ether oxygens (including phenoxy) is 2. The van der Waals surface area contributed by atoms with Crippen LogP contribution in [0.15, 0.2) is 36.4 Å². The zero-order chi connectivity index (χ0) is 19.3. The van der Waals surface area contributed by atoms with Crippen molar-refractivity contribution in [3.05, 3.63) is 57.6 Å². The third-order valence-corrected chi connectivity index (χ3v) is 3.79. The second-order valence-electron chi connectivity index (χ2n) is 5.18. The molecule has 0 bridgehead atoms. The Morgan fingerprint density at radius 3 is 1.58 bits per heavy atom. The fourth-order valence-corrected chi connectivity index (χ4v) is 2.19. The van der Waals surface area contributed by atoms with E-state index in [1.807, 2.05) is 0 Å². The van der Waals surface area contributed by atoms with Gasteiger partial charge in [-0.3, -0.25) is 0 Å². The number of esters is 2. The molecule has 0 atom stereocenters. The molecule has 7 nitrogen and oxygen atoms in total. The smallest absolute Gasteiger partial charge is 0.338 e. The topological polar surface area (TPSA) is 113 Å². The lowest BCUT2D eigenvalue weighted by Gasteiger charge is -2.12. The van der Waals surface area contributed by atoms with Gasteiger partial charge in [-0.05, 0) is 36.4 Å². The minimum atomic E-state index is -1.25. The lowest BCUT2D eigenvalue weighted by molar-refractivity contribution is -0.00469. The molecule has 0 saturated carbocycles. The van der Waals surface area contributed by atoms with Crippen LogP contribution in [0.25, 0.3) is 0 Å². The molecule has 0 aromatic heterocycles. The maximum atomic E-state index is 11.8. The lowest BCUT2D eigenvalue weighted by atomic mass is 10.2. The van der Waals surface area contributed by atoms with Crippen LogP contribution >= 0.6 is 23.2 Å². The summed E-state index contributed by atoms with van der Waals surface area (Å²) in [7, 11) is 0. The Morgan fingerprint density at radius 1 is 0.846 bits per heavy atom. The molecule has 3 N–H and O–H groups in total. The number of aliphatic hydroxyl groups excluding tert-OH is 1. The summed E-state index contributed by atoms with van der Waals surface area (Å²) in [6, 6.07) is 7.54. The van der Waals surface area contributed by atoms with Crippen molar-refractivity contribution in [2.24, 2.45) is 0 Å². The first kappa shape index (κ1) is 19.8. The van der Waals surface area contributed by atoms with E-state index in [1.165, 1.54) is 36.4 Å². The molecule has 0 unspecified atom stereocenters. The molecule has 0 heterocycles. The van der Waals surface area contributed by atoms with Crippen molar-refractivity contribution in [3.8, 4) is 11.5 Å². The van der Waals surface area contributed by atoms with Crippen LogP contribution in [0, 0.1) is 0 Å². The summed E-state index contributed by atoms with van der Waals surface area (Å²) in [4.78, 5) is 23.6. The van der Waals surface area contributed by atoms with Crippen LogP contribution in [-0.4, -0.2) is 46.6 Å². The summed E-state index contributed by atoms with van der Waals surface area (Å²) in [6.07, 6.45) is -1.25. The number of phenolic OH excluding ortho intramolecular Hbond substituents is 2. The first-order chi connectivity index (χ1) is 12.3. The number of benzene rings is 2. The van der Waals surface area contributed by atoms with Crippen LogP contribution in [-0.2, 0) is 9.47 Å². The molecule has 9 heteroatoms. The zero-order valence-corrected chi connectivity index (χ0v) is 14.7. The van der Waals surface area contributed by atoms with E-state index in [2.05, 4.69) is 0 Å². The molecule has 0 spiro atoms. The third kappa shape index (κ3) is 5.26. The number of phenols is 2. The number of carbonyl (C=O) groups is 2. The molecule has 0 aliphatic carbocycles. The predicted octanol–water partition coefficient (Wildman–Crippen LogP) is 2.78. The molecule has 0 fully saturated rings. The molecule has 0 aliphatic heterocycles. The molecule has 0 saturated heterocycles. The Morgan fingerprint density at radius 2 is 1.23 bits per heavy atom. The van der Waals surface area contributed by atoms with Gasteiger partial charge in [0.05, 0.1) is 21.2 Å². The van der Waals surface area contributed by atoms with E-state index < -0.39 is 31.3 Å². The highest BCUT2D eigenvalue weighted by Crippen LogP contribution is 2.24. The normalized spacial score (nSPS) is 10.6. The summed E-state index contributed by atoms with van der Waals surface area (Å²) >= 11 is 11.4. The Hall–Kier alpha value is -2.48. The Labute approximate surface area is 158 Å². The number of halogens is 2. The van der Waals surface area contributed by atoms with Gasteiger partial charge < -0.3 is 24.8 Å². The highest BCUT2D eigenvalue weighted by molar-refractivity contribution is 6.32. The van der Waals surface area contributed by atoms with Crippen molar-refractivity contribution in [2.45, 2.75) is 6.10 Å². The van der Waals surface area contributed by atoms with Crippen LogP contribution in [0.1, 0.15) is 20.7 Å². The van der Waals surface area contributed by atoms with Crippen molar-refractivity contribution in [1.29, 1.82) is 0 Å². The van der Waals surface area contributed by atoms with Gasteiger partial charge in [-0.25, -0.2) is 9.59 Å². The van der Waals surface area contributed by atoms with E-state index in [9.17, 15) is 24.9 Å². The fourth-order valence-electron chi connectivity index (χ4n) is 1.83. The van der Waals surface area contributed by atoms with Gasteiger partial charge in [-0.2, -0.15) is 0 Å². The number of hydrogen-bond acceptors (Lipinski definition) is 7. The van der Waals surface area contributed by atoms with Crippen molar-refractivity contribution < 1.29 is 34.4 Å². The van der Waals surface area contributed by atoms with Gasteiger partial charge in [0.1, 0.15) is 30.8 Å². The first-order valence-corrected chi connectivity index (χ1v) is 8.03. The van der Waals surface area contributed by atoms with Gasteiger partial charge in [-0.1, -0.05) is 23.2 Å². The third-order valence-electron chi connectivity index (χ3n) is 3.18. The summed E-state index contributed by atoms with van der Waals surface area (Å²) in [6.45, 7) is -0.831. The predicted molar refractivity (Wildman–Crippen MR) is 92.8 cm³/mol. The van der Waals surface area contributed by atoms with Crippen LogP contribution in [0.5, 0.6) is 11.5 Å². The molecule has 2 aromatic rings. The maximum absolute atomic E-state index is 11.8. The number of hydrogen-bond donors (Lipinski definition) is 3. The van der Waals surface area contributed by atoms with E-state index in [0.717, 1.165) is 0 Å². The quantitative estimate of drug-likeness (QED) is 0.638. The molecule has 2 aromatic carbocycles. The van der Waals surface area contributed by atoms with Gasteiger partial charge in [0.25, 0.3) is 0 Å². The van der Waals surface area contributed by atoms with E-state index in [0.29, 0.717) is 0 Å². The van der Waals surface area contributed by atoms with Crippen LogP contribution in [0.2, 0.25) is 10.0 Å². The summed E-state index contributed by atoms with van der Waals surface area (Å²) < 4.78 is 9.77. The molecule has 0 amide bonds. The van der Waals surface area contributed by atoms with Gasteiger partial charge >= 0.3 is 11.9 Å². The van der Waals surface area contributed by atoms with Gasteiger partial charge in [-0.15, -0.1) is 0 Å². The number of aliphatic hydroxyl groups is 1. The Balaban J connectivity index is 1.81. The van der Waals surface area contributed by atoms with E-state index >= 15 is 0 Å². The second kappa shape index (κ2) is 8.75. The average molecular weight is 401 g/mol. The zero-order valence-electron chi connectivity index (χ0n) is 13.2. The van der Waals surface area contributed by atoms with Crippen LogP contribution in [0.3, 0.4) is 0 Å². The molecule has 0 aliphatic rings. The molecular formula is C17H14Cl2O7. The van der Waals surface area contributed by atoms with Gasteiger partial charge in [0.15, 0.2) is 0 Å². The number of carbonyl (C=O) groups excluding carboxylic acids is 2. The first-order valence-electron chi connectivity index (χ1n) is 7.27. The SMILES string of the molecule is O=C(OCC(O)COC(=O)c1ccc(O)c(Cl)c1)c1ccc(O)c(Cl)c1. The minimum Gasteiger partial charge on any atom is -0.506 e. The van der Waals surface area contributed by atoms with Crippen molar-refractivity contribution in [3.63, 3.8) is 0 Å². The monoisotopic (exact) mass is 400 g/mol. The molecule has 2 rings (SSSR count). The van der Waals surface area contributed by atoms with E-state index in [-0.39, 0.29) is 32.7 Å². The summed E-state index contributed by atoms with van der Waals surface area (Å²) in [5.74, 6) is -1.88. The standard InChI is InChI=1S/C17H14Cl2O7/c18-12-5-9(1-3-14(12)21)16(23)25-7-11(20)8-26-17(24)10-2-4-15(22)13(19)6-10/h1-6,11,20-22H,7-8H2. The summed E-state index contributed by atoms with van der Waals surface area (Å²) in [5, 5.41) is 28.3. The molecule has 0 radical (unpaired) electrons. The second-order valence-corrected chi connectivity index (χ2v) is 6.00. The van der Waals surface area contributed by atoms with Crippen LogP contribution < -0.4 is 0 Å². The largest absolute Gasteiger partial charge is 0.506 e. The Bertz CT molecular complexity index is 755. The number of rotatable bonds is 6. The minimum absolute atomic E-state index is 0.0125. The van der Waals surface area contributed by atoms with Crippen LogP contribution in [0.4, 0.5) is 0 Å². The molecular weight excluding hydrogens is 387 g/mol.